The molecule has 1 aromatic rings. The van der Waals surface area contributed by atoms with Crippen LogP contribution in [-0.4, -0.2) is 35.4 Å². The number of nitro groups is 1. The highest BCUT2D eigenvalue weighted by atomic mass is 16.6. The summed E-state index contributed by atoms with van der Waals surface area (Å²) in [7, 11) is 1.25. The molecule has 1 aromatic heterocycles. The van der Waals surface area contributed by atoms with E-state index in [4.69, 9.17) is 0 Å². The van der Waals surface area contributed by atoms with Gasteiger partial charge in [0.2, 0.25) is 0 Å². The average molecular weight is 241 g/mol. The van der Waals surface area contributed by atoms with Crippen LogP contribution in [0.2, 0.25) is 0 Å². The molecular weight excluding hydrogens is 230 g/mol. The van der Waals surface area contributed by atoms with Gasteiger partial charge in [-0.05, 0) is 0 Å². The molecule has 0 spiro atoms. The van der Waals surface area contributed by atoms with Crippen LogP contribution in [0.5, 0.6) is 0 Å². The van der Waals surface area contributed by atoms with Crippen molar-refractivity contribution >= 4 is 17.6 Å². The fourth-order valence-corrected chi connectivity index (χ4v) is 1.09. The summed E-state index contributed by atoms with van der Waals surface area (Å²) >= 11 is 0. The van der Waals surface area contributed by atoms with E-state index in [1.807, 2.05) is 0 Å². The lowest BCUT2D eigenvalue weighted by Gasteiger charge is -2.01. The largest absolute Gasteiger partial charge is 0.469 e. The van der Waals surface area contributed by atoms with Crippen molar-refractivity contribution in [2.24, 2.45) is 0 Å². The van der Waals surface area contributed by atoms with Gasteiger partial charge in [0, 0.05) is 12.6 Å². The second-order valence-electron chi connectivity index (χ2n) is 3.11. The van der Waals surface area contributed by atoms with Crippen molar-refractivity contribution < 1.29 is 19.2 Å². The van der Waals surface area contributed by atoms with Crippen molar-refractivity contribution in [3.8, 4) is 0 Å². The predicted octanol–water partition coefficient (Wildman–Crippen LogP) is 0.216. The smallest absolute Gasteiger partial charge is 0.307 e. The summed E-state index contributed by atoms with van der Waals surface area (Å²) in [5, 5.41) is 12.8. The molecule has 0 atom stereocenters. The van der Waals surface area contributed by atoms with Gasteiger partial charge in [0.1, 0.15) is 5.69 Å². The first-order chi connectivity index (χ1) is 8.04. The number of H-pyrrole nitrogens is 1. The molecule has 0 radical (unpaired) electrons. The van der Waals surface area contributed by atoms with Crippen molar-refractivity contribution in [2.45, 2.75) is 6.42 Å². The van der Waals surface area contributed by atoms with Crippen LogP contribution in [-0.2, 0) is 9.53 Å². The number of methoxy groups -OCH3 is 1. The van der Waals surface area contributed by atoms with Gasteiger partial charge in [-0.3, -0.25) is 19.7 Å². The number of hydrogen-bond acceptors (Lipinski definition) is 5. The number of carbonyl (C=O) groups is 2. The summed E-state index contributed by atoms with van der Waals surface area (Å²) < 4.78 is 4.39. The van der Waals surface area contributed by atoms with E-state index in [-0.39, 0.29) is 24.3 Å². The van der Waals surface area contributed by atoms with Crippen molar-refractivity contribution in [1.82, 2.24) is 10.3 Å². The van der Waals surface area contributed by atoms with E-state index in [9.17, 15) is 19.7 Å². The number of ether oxygens (including phenoxy) is 1. The molecule has 0 aliphatic rings. The number of carbonyl (C=O) groups excluding carboxylic acids is 2. The summed E-state index contributed by atoms with van der Waals surface area (Å²) in [6.07, 6.45) is 1.17. The van der Waals surface area contributed by atoms with Gasteiger partial charge in [0.05, 0.1) is 24.7 Å². The molecule has 0 saturated carbocycles. The molecule has 1 amide bonds. The van der Waals surface area contributed by atoms with E-state index < -0.39 is 16.8 Å². The maximum atomic E-state index is 11.4. The standard InChI is InChI=1S/C9H11N3O5/c1-17-8(13)2-3-10-9(14)7-4-6(5-11-7)12(15)16/h4-5,11H,2-3H2,1H3,(H,10,14). The van der Waals surface area contributed by atoms with Crippen LogP contribution in [0.3, 0.4) is 0 Å². The zero-order valence-corrected chi connectivity index (χ0v) is 9.06. The van der Waals surface area contributed by atoms with Crippen LogP contribution in [0.4, 0.5) is 5.69 Å². The molecule has 0 fully saturated rings. The van der Waals surface area contributed by atoms with Gasteiger partial charge in [-0.15, -0.1) is 0 Å². The second-order valence-corrected chi connectivity index (χ2v) is 3.11. The molecule has 0 aliphatic heterocycles. The molecule has 0 unspecified atom stereocenters. The Bertz CT molecular complexity index is 440. The monoisotopic (exact) mass is 241 g/mol. The van der Waals surface area contributed by atoms with Gasteiger partial charge in [-0.25, -0.2) is 0 Å². The Morgan fingerprint density at radius 1 is 1.59 bits per heavy atom. The molecule has 1 heterocycles. The third-order valence-electron chi connectivity index (χ3n) is 1.97. The molecule has 2 N–H and O–H groups in total. The van der Waals surface area contributed by atoms with Crippen LogP contribution >= 0.6 is 0 Å². The van der Waals surface area contributed by atoms with Crippen molar-refractivity contribution in [1.29, 1.82) is 0 Å². The lowest BCUT2D eigenvalue weighted by atomic mass is 10.3. The van der Waals surface area contributed by atoms with E-state index in [0.29, 0.717) is 0 Å². The second kappa shape index (κ2) is 5.64. The number of aromatic amines is 1. The van der Waals surface area contributed by atoms with Crippen LogP contribution in [0, 0.1) is 10.1 Å². The minimum atomic E-state index is -0.609. The first-order valence-electron chi connectivity index (χ1n) is 4.72. The Hall–Kier alpha value is -2.38. The highest BCUT2D eigenvalue weighted by Gasteiger charge is 2.14. The summed E-state index contributed by atoms with van der Waals surface area (Å²) in [4.78, 5) is 34.4. The molecular formula is C9H11N3O5. The fraction of sp³-hybridized carbons (Fsp3) is 0.333. The summed E-state index contributed by atoms with van der Waals surface area (Å²) in [6.45, 7) is 0.109. The third kappa shape index (κ3) is 3.59. The minimum absolute atomic E-state index is 0.0467. The topological polar surface area (TPSA) is 114 Å². The Labute approximate surface area is 96.1 Å². The average Bonchev–Trinajstić information content (AvgIpc) is 2.78. The van der Waals surface area contributed by atoms with E-state index in [1.165, 1.54) is 7.11 Å². The zero-order valence-electron chi connectivity index (χ0n) is 9.06. The Balaban J connectivity index is 2.47. The normalized spacial score (nSPS) is 9.71. The van der Waals surface area contributed by atoms with Crippen LogP contribution in [0.1, 0.15) is 16.9 Å². The van der Waals surface area contributed by atoms with E-state index in [2.05, 4.69) is 15.0 Å². The number of amides is 1. The van der Waals surface area contributed by atoms with E-state index in [0.717, 1.165) is 12.3 Å². The lowest BCUT2D eigenvalue weighted by Crippen LogP contribution is -2.26. The van der Waals surface area contributed by atoms with Gasteiger partial charge < -0.3 is 15.0 Å². The van der Waals surface area contributed by atoms with Crippen LogP contribution < -0.4 is 5.32 Å². The lowest BCUT2D eigenvalue weighted by molar-refractivity contribution is -0.384. The summed E-state index contributed by atoms with van der Waals surface area (Å²) in [5.74, 6) is -0.954. The predicted molar refractivity (Wildman–Crippen MR) is 56.4 cm³/mol. The van der Waals surface area contributed by atoms with Gasteiger partial charge in [-0.2, -0.15) is 0 Å². The van der Waals surface area contributed by atoms with E-state index in [1.54, 1.807) is 0 Å². The molecule has 8 nitrogen and oxygen atoms in total. The third-order valence-corrected chi connectivity index (χ3v) is 1.97. The molecule has 17 heavy (non-hydrogen) atoms. The molecule has 0 bridgehead atoms. The van der Waals surface area contributed by atoms with Gasteiger partial charge in [-0.1, -0.05) is 0 Å². The molecule has 0 aromatic carbocycles. The van der Waals surface area contributed by atoms with Crippen molar-refractivity contribution in [3.05, 3.63) is 28.1 Å². The number of rotatable bonds is 5. The van der Waals surface area contributed by atoms with Gasteiger partial charge in [0.15, 0.2) is 0 Å². The van der Waals surface area contributed by atoms with Crippen molar-refractivity contribution in [3.63, 3.8) is 0 Å². The minimum Gasteiger partial charge on any atom is -0.469 e. The maximum absolute atomic E-state index is 11.4. The molecule has 0 aliphatic carbocycles. The number of hydrogen-bond donors (Lipinski definition) is 2. The fourth-order valence-electron chi connectivity index (χ4n) is 1.09. The van der Waals surface area contributed by atoms with Crippen LogP contribution in [0.25, 0.3) is 0 Å². The number of nitrogens with zero attached hydrogens (tertiary/aromatic N) is 1. The first-order valence-corrected chi connectivity index (χ1v) is 4.72. The van der Waals surface area contributed by atoms with E-state index >= 15 is 0 Å². The highest BCUT2D eigenvalue weighted by Crippen LogP contribution is 2.11. The first kappa shape index (κ1) is 12.7. The van der Waals surface area contributed by atoms with Gasteiger partial charge >= 0.3 is 5.97 Å². The zero-order chi connectivity index (χ0) is 12.8. The molecule has 1 rings (SSSR count). The van der Waals surface area contributed by atoms with Crippen LogP contribution in [0.15, 0.2) is 12.3 Å². The highest BCUT2D eigenvalue weighted by molar-refractivity contribution is 5.93. The summed E-state index contributed by atoms with van der Waals surface area (Å²) in [5.41, 5.74) is -0.121. The van der Waals surface area contributed by atoms with Gasteiger partial charge in [0.25, 0.3) is 11.6 Å². The quantitative estimate of drug-likeness (QED) is 0.434. The molecule has 92 valence electrons. The number of esters is 1. The SMILES string of the molecule is COC(=O)CCNC(=O)c1cc([N+](=O)[O-])c[nH]1. The van der Waals surface area contributed by atoms with Crippen molar-refractivity contribution in [2.75, 3.05) is 13.7 Å². The number of aromatic nitrogens is 1. The number of nitrogens with one attached hydrogen (secondary N) is 2. The Morgan fingerprint density at radius 2 is 2.29 bits per heavy atom. The summed E-state index contributed by atoms with van der Waals surface area (Å²) in [6, 6.07) is 1.12. The molecule has 0 saturated heterocycles. The Morgan fingerprint density at radius 3 is 2.82 bits per heavy atom. The Kier molecular flexibility index (Phi) is 4.21. The maximum Gasteiger partial charge on any atom is 0.307 e. The molecule has 8 heteroatoms.